The van der Waals surface area contributed by atoms with E-state index < -0.39 is 11.9 Å². The number of aliphatic carboxylic acids is 1. The average molecular weight is 265 g/mol. The van der Waals surface area contributed by atoms with Crippen molar-refractivity contribution in [3.05, 3.63) is 23.7 Å². The molecule has 1 aromatic heterocycles. The molecule has 104 valence electrons. The first-order chi connectivity index (χ1) is 8.91. The highest BCUT2D eigenvalue weighted by Gasteiger charge is 2.38. The molecule has 2 heterocycles. The quantitative estimate of drug-likeness (QED) is 0.909. The smallest absolute Gasteiger partial charge is 0.308 e. The number of furan rings is 1. The van der Waals surface area contributed by atoms with E-state index in [0.717, 1.165) is 0 Å². The maximum atomic E-state index is 12.4. The Balaban J connectivity index is 2.17. The second-order valence-corrected chi connectivity index (χ2v) is 5.49. The Kier molecular flexibility index (Phi) is 3.64. The minimum atomic E-state index is -0.834. The van der Waals surface area contributed by atoms with Gasteiger partial charge >= 0.3 is 5.97 Å². The fourth-order valence-electron chi connectivity index (χ4n) is 2.57. The molecular formula is C14H19NO4. The number of rotatable bonds is 3. The van der Waals surface area contributed by atoms with E-state index in [0.29, 0.717) is 17.9 Å². The highest BCUT2D eigenvalue weighted by atomic mass is 16.4. The lowest BCUT2D eigenvalue weighted by Gasteiger charge is -2.16. The van der Waals surface area contributed by atoms with Crippen LogP contribution in [0.15, 0.2) is 16.7 Å². The van der Waals surface area contributed by atoms with Gasteiger partial charge in [-0.2, -0.15) is 0 Å². The first-order valence-electron chi connectivity index (χ1n) is 6.51. The molecule has 1 fully saturated rings. The Labute approximate surface area is 112 Å². The predicted octanol–water partition coefficient (Wildman–Crippen LogP) is 2.20. The van der Waals surface area contributed by atoms with Gasteiger partial charge in [0.2, 0.25) is 0 Å². The zero-order chi connectivity index (χ0) is 14.2. The monoisotopic (exact) mass is 265 g/mol. The summed E-state index contributed by atoms with van der Waals surface area (Å²) in [6.45, 7) is 6.55. The Morgan fingerprint density at radius 3 is 2.63 bits per heavy atom. The molecule has 0 unspecified atom stereocenters. The molecule has 0 bridgehead atoms. The zero-order valence-corrected chi connectivity index (χ0v) is 11.4. The lowest BCUT2D eigenvalue weighted by atomic mass is 9.99. The average Bonchev–Trinajstić information content (AvgIpc) is 2.93. The number of amides is 1. The van der Waals surface area contributed by atoms with Crippen molar-refractivity contribution >= 4 is 11.9 Å². The van der Waals surface area contributed by atoms with Crippen LogP contribution in [0.2, 0.25) is 0 Å². The van der Waals surface area contributed by atoms with Crippen molar-refractivity contribution in [2.24, 2.45) is 11.8 Å². The van der Waals surface area contributed by atoms with E-state index in [4.69, 9.17) is 9.52 Å². The fourth-order valence-corrected chi connectivity index (χ4v) is 2.57. The van der Waals surface area contributed by atoms with Gasteiger partial charge in [0.15, 0.2) is 0 Å². The van der Waals surface area contributed by atoms with Crippen molar-refractivity contribution in [1.29, 1.82) is 0 Å². The topological polar surface area (TPSA) is 70.8 Å². The Hall–Kier alpha value is -1.78. The summed E-state index contributed by atoms with van der Waals surface area (Å²) in [6.07, 6.45) is 1.51. The molecule has 19 heavy (non-hydrogen) atoms. The van der Waals surface area contributed by atoms with Crippen LogP contribution in [0.1, 0.15) is 42.8 Å². The van der Waals surface area contributed by atoms with Gasteiger partial charge in [-0.05, 0) is 12.0 Å². The minimum Gasteiger partial charge on any atom is -0.481 e. The highest BCUT2D eigenvalue weighted by Crippen LogP contribution is 2.27. The molecule has 1 aliphatic rings. The molecule has 5 heteroatoms. The summed E-state index contributed by atoms with van der Waals surface area (Å²) in [5.74, 6) is -0.665. The summed E-state index contributed by atoms with van der Waals surface area (Å²) in [6, 6.07) is 1.66. The first kappa shape index (κ1) is 13.6. The summed E-state index contributed by atoms with van der Waals surface area (Å²) in [5, 5.41) is 9.10. The van der Waals surface area contributed by atoms with E-state index >= 15 is 0 Å². The van der Waals surface area contributed by atoms with Gasteiger partial charge in [0.1, 0.15) is 5.76 Å². The number of likely N-dealkylation sites (tertiary alicyclic amines) is 1. The van der Waals surface area contributed by atoms with Gasteiger partial charge in [-0.1, -0.05) is 20.8 Å². The third-order valence-corrected chi connectivity index (χ3v) is 3.67. The van der Waals surface area contributed by atoms with Gasteiger partial charge in [-0.3, -0.25) is 9.59 Å². The summed E-state index contributed by atoms with van der Waals surface area (Å²) in [4.78, 5) is 25.1. The highest BCUT2D eigenvalue weighted by molar-refractivity contribution is 5.96. The summed E-state index contributed by atoms with van der Waals surface area (Å²) in [7, 11) is 0. The molecule has 1 aromatic rings. The second kappa shape index (κ2) is 5.07. The minimum absolute atomic E-state index is 0.0177. The number of hydrogen-bond acceptors (Lipinski definition) is 3. The van der Waals surface area contributed by atoms with Crippen molar-refractivity contribution in [2.45, 2.75) is 26.7 Å². The summed E-state index contributed by atoms with van der Waals surface area (Å²) >= 11 is 0. The first-order valence-corrected chi connectivity index (χ1v) is 6.51. The molecule has 0 radical (unpaired) electrons. The summed E-state index contributed by atoms with van der Waals surface area (Å²) < 4.78 is 5.34. The van der Waals surface area contributed by atoms with Crippen molar-refractivity contribution in [3.63, 3.8) is 0 Å². The maximum absolute atomic E-state index is 12.4. The molecular weight excluding hydrogens is 246 g/mol. The van der Waals surface area contributed by atoms with E-state index in [1.165, 1.54) is 6.26 Å². The van der Waals surface area contributed by atoms with Crippen LogP contribution < -0.4 is 0 Å². The molecule has 2 atom stereocenters. The predicted molar refractivity (Wildman–Crippen MR) is 69.0 cm³/mol. The van der Waals surface area contributed by atoms with Gasteiger partial charge in [-0.15, -0.1) is 0 Å². The van der Waals surface area contributed by atoms with Crippen molar-refractivity contribution in [1.82, 2.24) is 4.90 Å². The zero-order valence-electron chi connectivity index (χ0n) is 11.4. The molecule has 0 aromatic carbocycles. The number of hydrogen-bond donors (Lipinski definition) is 1. The lowest BCUT2D eigenvalue weighted by Crippen LogP contribution is -2.30. The molecule has 0 spiro atoms. The molecule has 5 nitrogen and oxygen atoms in total. The van der Waals surface area contributed by atoms with Gasteiger partial charge in [0, 0.05) is 19.0 Å². The molecule has 2 rings (SSSR count). The molecule has 1 amide bonds. The van der Waals surface area contributed by atoms with Crippen molar-refractivity contribution < 1.29 is 19.1 Å². The molecule has 1 N–H and O–H groups in total. The Morgan fingerprint density at radius 2 is 2.11 bits per heavy atom. The van der Waals surface area contributed by atoms with Crippen LogP contribution in [0.25, 0.3) is 0 Å². The Bertz CT molecular complexity index is 491. The van der Waals surface area contributed by atoms with Gasteiger partial charge in [0.25, 0.3) is 5.91 Å². The largest absolute Gasteiger partial charge is 0.481 e. The standard InChI is InChI=1S/C14H19NO4/c1-8(2)12-10(4-5-19-12)13(16)15-6-9(3)11(7-15)14(17)18/h4-5,8-9,11H,6-7H2,1-3H3,(H,17,18)/t9-,11-/m1/s1. The van der Waals surface area contributed by atoms with Crippen LogP contribution in [0.4, 0.5) is 0 Å². The van der Waals surface area contributed by atoms with Crippen LogP contribution in [-0.4, -0.2) is 35.0 Å². The van der Waals surface area contributed by atoms with Gasteiger partial charge < -0.3 is 14.4 Å². The maximum Gasteiger partial charge on any atom is 0.308 e. The van der Waals surface area contributed by atoms with Crippen LogP contribution in [0.3, 0.4) is 0 Å². The van der Waals surface area contributed by atoms with E-state index in [9.17, 15) is 9.59 Å². The number of carbonyl (C=O) groups is 2. The number of carbonyl (C=O) groups excluding carboxylic acids is 1. The molecule has 1 aliphatic heterocycles. The van der Waals surface area contributed by atoms with Crippen LogP contribution >= 0.6 is 0 Å². The van der Waals surface area contributed by atoms with E-state index in [2.05, 4.69) is 0 Å². The van der Waals surface area contributed by atoms with E-state index in [1.54, 1.807) is 11.0 Å². The number of carboxylic acid groups (broad SMARTS) is 1. The molecule has 0 aliphatic carbocycles. The van der Waals surface area contributed by atoms with Crippen LogP contribution in [0.5, 0.6) is 0 Å². The summed E-state index contributed by atoms with van der Waals surface area (Å²) in [5.41, 5.74) is 0.549. The van der Waals surface area contributed by atoms with Crippen molar-refractivity contribution in [3.8, 4) is 0 Å². The van der Waals surface area contributed by atoms with Crippen LogP contribution in [0, 0.1) is 11.8 Å². The van der Waals surface area contributed by atoms with E-state index in [-0.39, 0.29) is 24.3 Å². The lowest BCUT2D eigenvalue weighted by molar-refractivity contribution is -0.142. The van der Waals surface area contributed by atoms with E-state index in [1.807, 2.05) is 20.8 Å². The van der Waals surface area contributed by atoms with Crippen molar-refractivity contribution in [2.75, 3.05) is 13.1 Å². The van der Waals surface area contributed by atoms with Crippen LogP contribution in [-0.2, 0) is 4.79 Å². The fraction of sp³-hybridized carbons (Fsp3) is 0.571. The molecule has 1 saturated heterocycles. The molecule has 0 saturated carbocycles. The normalized spacial score (nSPS) is 23.1. The second-order valence-electron chi connectivity index (χ2n) is 5.49. The third-order valence-electron chi connectivity index (χ3n) is 3.67. The Morgan fingerprint density at radius 1 is 1.42 bits per heavy atom. The van der Waals surface area contributed by atoms with Gasteiger partial charge in [-0.25, -0.2) is 0 Å². The third kappa shape index (κ3) is 2.50. The van der Waals surface area contributed by atoms with Gasteiger partial charge in [0.05, 0.1) is 17.7 Å². The number of nitrogens with zero attached hydrogens (tertiary/aromatic N) is 1. The number of carboxylic acids is 1. The SMILES string of the molecule is CC(C)c1occc1C(=O)N1C[C@@H](C)[C@H](C(=O)O)C1.